The van der Waals surface area contributed by atoms with Gasteiger partial charge in [0.1, 0.15) is 12.0 Å². The topological polar surface area (TPSA) is 49.3 Å². The number of phenols is 1. The zero-order chi connectivity index (χ0) is 9.26. The van der Waals surface area contributed by atoms with E-state index in [1.165, 1.54) is 0 Å². The molecule has 1 aromatic rings. The van der Waals surface area contributed by atoms with Crippen LogP contribution in [-0.2, 0) is 4.79 Å². The number of benzene rings is 1. The summed E-state index contributed by atoms with van der Waals surface area (Å²) in [7, 11) is 0. The highest BCUT2D eigenvalue weighted by Gasteiger charge is 2.28. The fourth-order valence-corrected chi connectivity index (χ4v) is 1.52. The van der Waals surface area contributed by atoms with E-state index in [4.69, 9.17) is 5.11 Å². The van der Waals surface area contributed by atoms with Gasteiger partial charge in [-0.1, -0.05) is 12.1 Å². The maximum absolute atomic E-state index is 10.3. The summed E-state index contributed by atoms with van der Waals surface area (Å²) < 4.78 is 0. The molecule has 0 aliphatic carbocycles. The van der Waals surface area contributed by atoms with Gasteiger partial charge in [-0.25, -0.2) is 0 Å². The minimum absolute atomic E-state index is 0.0128. The van der Waals surface area contributed by atoms with Crippen molar-refractivity contribution < 1.29 is 9.90 Å². The molecule has 1 aromatic carbocycles. The molecule has 2 rings (SSSR count). The smallest absolute Gasteiger partial charge is 0.136 e. The average molecular weight is 177 g/mol. The number of carbonyl (C=O) groups is 1. The minimum Gasteiger partial charge on any atom is -0.508 e. The van der Waals surface area contributed by atoms with E-state index in [9.17, 15) is 4.79 Å². The molecule has 3 heteroatoms. The first-order chi connectivity index (χ1) is 6.29. The molecule has 0 aromatic heterocycles. The summed E-state index contributed by atoms with van der Waals surface area (Å²) in [5.41, 5.74) is 1.12. The summed E-state index contributed by atoms with van der Waals surface area (Å²) in [4.78, 5) is 10.3. The summed E-state index contributed by atoms with van der Waals surface area (Å²) >= 11 is 0. The van der Waals surface area contributed by atoms with Crippen molar-refractivity contribution in [2.24, 2.45) is 0 Å². The van der Waals surface area contributed by atoms with E-state index in [1.54, 1.807) is 12.1 Å². The minimum atomic E-state index is 0.0128. The number of carbonyl (C=O) groups excluding carboxylic acids is 1. The number of hydrogen-bond donors (Lipinski definition) is 2. The van der Waals surface area contributed by atoms with Gasteiger partial charge in [-0.3, -0.25) is 0 Å². The lowest BCUT2D eigenvalue weighted by Gasteiger charge is -2.34. The Bertz CT molecular complexity index is 301. The van der Waals surface area contributed by atoms with E-state index in [2.05, 4.69) is 5.32 Å². The van der Waals surface area contributed by atoms with Crippen molar-refractivity contribution in [2.75, 3.05) is 0 Å². The molecule has 1 saturated heterocycles. The Morgan fingerprint density at radius 2 is 2.00 bits per heavy atom. The summed E-state index contributed by atoms with van der Waals surface area (Å²) in [5, 5.41) is 12.2. The first-order valence-corrected chi connectivity index (χ1v) is 4.30. The lowest BCUT2D eigenvalue weighted by molar-refractivity contribution is -0.111. The zero-order valence-electron chi connectivity index (χ0n) is 7.10. The van der Waals surface area contributed by atoms with E-state index in [1.807, 2.05) is 12.1 Å². The number of nitrogens with one attached hydrogen (secondary N) is 1. The summed E-state index contributed by atoms with van der Waals surface area (Å²) in [5.74, 6) is 0.273. The van der Waals surface area contributed by atoms with Crippen LogP contribution in [0.5, 0.6) is 5.75 Å². The molecule has 2 atom stereocenters. The van der Waals surface area contributed by atoms with Crippen LogP contribution >= 0.6 is 0 Å². The molecular formula is C10H11NO2. The molecule has 1 aliphatic rings. The van der Waals surface area contributed by atoms with Gasteiger partial charge in [0.2, 0.25) is 0 Å². The van der Waals surface area contributed by atoms with E-state index in [0.717, 1.165) is 18.3 Å². The third kappa shape index (κ3) is 1.55. The molecule has 0 amide bonds. The molecule has 68 valence electrons. The number of hydrogen-bond acceptors (Lipinski definition) is 3. The predicted molar refractivity (Wildman–Crippen MR) is 48.5 cm³/mol. The van der Waals surface area contributed by atoms with Gasteiger partial charge < -0.3 is 15.2 Å². The van der Waals surface area contributed by atoms with Crippen LogP contribution in [-0.4, -0.2) is 17.4 Å². The first-order valence-electron chi connectivity index (χ1n) is 4.30. The third-order valence-corrected chi connectivity index (χ3v) is 2.36. The van der Waals surface area contributed by atoms with Gasteiger partial charge in [0.25, 0.3) is 0 Å². The highest BCUT2D eigenvalue weighted by atomic mass is 16.3. The fourth-order valence-electron chi connectivity index (χ4n) is 1.52. The van der Waals surface area contributed by atoms with E-state index in [0.29, 0.717) is 0 Å². The van der Waals surface area contributed by atoms with E-state index in [-0.39, 0.29) is 17.8 Å². The molecule has 1 heterocycles. The average Bonchev–Trinajstić information content (AvgIpc) is 2.06. The van der Waals surface area contributed by atoms with Crippen LogP contribution in [0.4, 0.5) is 0 Å². The molecule has 2 N–H and O–H groups in total. The number of rotatable bonds is 2. The molecule has 1 fully saturated rings. The zero-order valence-corrected chi connectivity index (χ0v) is 7.10. The second-order valence-electron chi connectivity index (χ2n) is 3.29. The highest BCUT2D eigenvalue weighted by Crippen LogP contribution is 2.27. The van der Waals surface area contributed by atoms with Crippen LogP contribution in [0.15, 0.2) is 24.3 Å². The number of phenolic OH excluding ortho intramolecular Hbond substituents is 1. The van der Waals surface area contributed by atoms with Crippen LogP contribution in [0.25, 0.3) is 0 Å². The van der Waals surface area contributed by atoms with E-state index < -0.39 is 0 Å². The van der Waals surface area contributed by atoms with Crippen LogP contribution in [0.3, 0.4) is 0 Å². The Balaban J connectivity index is 2.03. The van der Waals surface area contributed by atoms with Gasteiger partial charge in [-0.15, -0.1) is 0 Å². The summed E-state index contributed by atoms with van der Waals surface area (Å²) in [6.45, 7) is 0. The van der Waals surface area contributed by atoms with Crippen LogP contribution < -0.4 is 5.32 Å². The van der Waals surface area contributed by atoms with Crippen LogP contribution in [0.2, 0.25) is 0 Å². The third-order valence-electron chi connectivity index (χ3n) is 2.36. The summed E-state index contributed by atoms with van der Waals surface area (Å²) in [6, 6.07) is 7.34. The van der Waals surface area contributed by atoms with Crippen LogP contribution in [0.1, 0.15) is 18.0 Å². The first kappa shape index (κ1) is 8.26. The lowest BCUT2D eigenvalue weighted by Crippen LogP contribution is -2.46. The SMILES string of the molecule is O=CC1CC(c2ccc(O)cc2)N1. The number of aldehydes is 1. The Hall–Kier alpha value is -1.35. The maximum atomic E-state index is 10.3. The second-order valence-corrected chi connectivity index (χ2v) is 3.29. The molecule has 1 aliphatic heterocycles. The fraction of sp³-hybridized carbons (Fsp3) is 0.300. The quantitative estimate of drug-likeness (QED) is 0.662. The molecular weight excluding hydrogens is 166 g/mol. The van der Waals surface area contributed by atoms with Gasteiger partial charge >= 0.3 is 0 Å². The molecule has 0 bridgehead atoms. The molecule has 13 heavy (non-hydrogen) atoms. The van der Waals surface area contributed by atoms with E-state index >= 15 is 0 Å². The Morgan fingerprint density at radius 3 is 2.54 bits per heavy atom. The monoisotopic (exact) mass is 177 g/mol. The second kappa shape index (κ2) is 3.18. The van der Waals surface area contributed by atoms with Crippen LogP contribution in [0, 0.1) is 0 Å². The van der Waals surface area contributed by atoms with Gasteiger partial charge in [-0.05, 0) is 24.1 Å². The maximum Gasteiger partial charge on any atom is 0.136 e. The normalized spacial score (nSPS) is 26.5. The molecule has 2 unspecified atom stereocenters. The van der Waals surface area contributed by atoms with Crippen molar-refractivity contribution in [2.45, 2.75) is 18.5 Å². The molecule has 0 radical (unpaired) electrons. The van der Waals surface area contributed by atoms with Gasteiger partial charge in [0, 0.05) is 6.04 Å². The van der Waals surface area contributed by atoms with Gasteiger partial charge in [0.15, 0.2) is 0 Å². The molecule has 0 saturated carbocycles. The lowest BCUT2D eigenvalue weighted by atomic mass is 9.92. The molecule has 0 spiro atoms. The summed E-state index contributed by atoms with van der Waals surface area (Å²) in [6.07, 6.45) is 1.78. The van der Waals surface area contributed by atoms with Crippen molar-refractivity contribution >= 4 is 6.29 Å². The number of aromatic hydroxyl groups is 1. The van der Waals surface area contributed by atoms with Crippen molar-refractivity contribution in [3.05, 3.63) is 29.8 Å². The predicted octanol–water partition coefficient (Wildman–Crippen LogP) is 0.994. The Kier molecular flexibility index (Phi) is 2.02. The Labute approximate surface area is 76.4 Å². The van der Waals surface area contributed by atoms with Crippen molar-refractivity contribution in [3.63, 3.8) is 0 Å². The molecule has 3 nitrogen and oxygen atoms in total. The largest absolute Gasteiger partial charge is 0.508 e. The standard InChI is InChI=1S/C10H11NO2/c12-6-8-5-10(11-8)7-1-3-9(13)4-2-7/h1-4,6,8,10-11,13H,5H2. The van der Waals surface area contributed by atoms with Gasteiger partial charge in [-0.2, -0.15) is 0 Å². The van der Waals surface area contributed by atoms with Crippen molar-refractivity contribution in [3.8, 4) is 5.75 Å². The van der Waals surface area contributed by atoms with Gasteiger partial charge in [0.05, 0.1) is 6.04 Å². The Morgan fingerprint density at radius 1 is 1.38 bits per heavy atom. The van der Waals surface area contributed by atoms with Crippen molar-refractivity contribution in [1.29, 1.82) is 0 Å². The van der Waals surface area contributed by atoms with Crippen molar-refractivity contribution in [1.82, 2.24) is 5.32 Å². The highest BCUT2D eigenvalue weighted by molar-refractivity contribution is 5.60.